The van der Waals surface area contributed by atoms with Crippen LogP contribution in [-0.4, -0.2) is 46.9 Å². The van der Waals surface area contributed by atoms with Crippen molar-refractivity contribution >= 4 is 22.6 Å². The number of rotatable bonds is 5. The van der Waals surface area contributed by atoms with Crippen LogP contribution in [-0.2, 0) is 5.54 Å². The largest absolute Gasteiger partial charge is 0.497 e. The van der Waals surface area contributed by atoms with Gasteiger partial charge in [-0.3, -0.25) is 4.79 Å². The van der Waals surface area contributed by atoms with Gasteiger partial charge in [-0.2, -0.15) is 5.10 Å². The molecule has 0 bridgehead atoms. The van der Waals surface area contributed by atoms with Crippen LogP contribution in [0.15, 0.2) is 30.3 Å². The number of nitrogens with one attached hydrogen (secondary N) is 1. The maximum absolute atomic E-state index is 13.6. The SMILES string of the molecule is COc1ccc(N2CCC(NC(=O)c3cc(C4CC4)nc4c3c(C)nn4C(C)(C)C)CC2)cc1. The van der Waals surface area contributed by atoms with Gasteiger partial charge in [0, 0.05) is 36.4 Å². The fraction of sp³-hybridized carbons (Fsp3) is 0.519. The van der Waals surface area contributed by atoms with Crippen molar-refractivity contribution in [3.8, 4) is 5.75 Å². The minimum Gasteiger partial charge on any atom is -0.497 e. The van der Waals surface area contributed by atoms with Crippen molar-refractivity contribution in [1.29, 1.82) is 0 Å². The molecule has 2 fully saturated rings. The van der Waals surface area contributed by atoms with Crippen LogP contribution in [0.3, 0.4) is 0 Å². The number of hydrogen-bond donors (Lipinski definition) is 1. The zero-order valence-corrected chi connectivity index (χ0v) is 20.9. The molecule has 1 saturated carbocycles. The van der Waals surface area contributed by atoms with Crippen molar-refractivity contribution in [1.82, 2.24) is 20.1 Å². The van der Waals surface area contributed by atoms with Crippen molar-refractivity contribution in [2.45, 2.75) is 70.9 Å². The van der Waals surface area contributed by atoms with Crippen LogP contribution < -0.4 is 15.0 Å². The first-order valence-electron chi connectivity index (χ1n) is 12.3. The molecule has 34 heavy (non-hydrogen) atoms. The molecule has 1 aliphatic carbocycles. The Labute approximate surface area is 201 Å². The summed E-state index contributed by atoms with van der Waals surface area (Å²) in [6.07, 6.45) is 4.13. The smallest absolute Gasteiger partial charge is 0.252 e. The lowest BCUT2D eigenvalue weighted by atomic mass is 10.0. The zero-order valence-electron chi connectivity index (χ0n) is 20.9. The first kappa shape index (κ1) is 22.7. The van der Waals surface area contributed by atoms with E-state index in [-0.39, 0.29) is 17.5 Å². The molecule has 1 aliphatic heterocycles. The molecular formula is C27H35N5O2. The second kappa shape index (κ2) is 8.60. The molecule has 0 atom stereocenters. The molecule has 1 N–H and O–H groups in total. The van der Waals surface area contributed by atoms with E-state index in [0.717, 1.165) is 72.5 Å². The molecule has 3 aromatic rings. The minimum atomic E-state index is -0.205. The molecule has 0 radical (unpaired) electrons. The summed E-state index contributed by atoms with van der Waals surface area (Å²) in [5.41, 5.74) is 4.42. The molecule has 2 aliphatic rings. The number of piperidine rings is 1. The first-order valence-corrected chi connectivity index (χ1v) is 12.3. The highest BCUT2D eigenvalue weighted by Crippen LogP contribution is 2.41. The van der Waals surface area contributed by atoms with Gasteiger partial charge in [0.1, 0.15) is 5.75 Å². The molecule has 1 amide bonds. The van der Waals surface area contributed by atoms with E-state index < -0.39 is 0 Å². The van der Waals surface area contributed by atoms with E-state index in [0.29, 0.717) is 5.92 Å². The number of hydrogen-bond acceptors (Lipinski definition) is 5. The summed E-state index contributed by atoms with van der Waals surface area (Å²) >= 11 is 0. The van der Waals surface area contributed by atoms with Crippen LogP contribution in [0.25, 0.3) is 11.0 Å². The van der Waals surface area contributed by atoms with Gasteiger partial charge in [0.25, 0.3) is 5.91 Å². The van der Waals surface area contributed by atoms with Gasteiger partial charge in [-0.1, -0.05) is 0 Å². The Bertz CT molecular complexity index is 1200. The van der Waals surface area contributed by atoms with E-state index in [1.165, 1.54) is 5.69 Å². The average molecular weight is 462 g/mol. The molecule has 5 rings (SSSR count). The number of carbonyl (C=O) groups excluding carboxylic acids is 1. The Balaban J connectivity index is 1.35. The summed E-state index contributed by atoms with van der Waals surface area (Å²) in [5, 5.41) is 9.00. The molecule has 0 unspecified atom stereocenters. The predicted molar refractivity (Wildman–Crippen MR) is 135 cm³/mol. The van der Waals surface area contributed by atoms with Crippen LogP contribution in [0.5, 0.6) is 5.75 Å². The summed E-state index contributed by atoms with van der Waals surface area (Å²) in [5.74, 6) is 1.33. The third kappa shape index (κ3) is 4.36. The van der Waals surface area contributed by atoms with Crippen molar-refractivity contribution in [2.75, 3.05) is 25.1 Å². The molecular weight excluding hydrogens is 426 g/mol. The monoisotopic (exact) mass is 461 g/mol. The third-order valence-electron chi connectivity index (χ3n) is 6.98. The highest BCUT2D eigenvalue weighted by molar-refractivity contribution is 6.06. The number of carbonyl (C=O) groups is 1. The highest BCUT2D eigenvalue weighted by Gasteiger charge is 2.31. The summed E-state index contributed by atoms with van der Waals surface area (Å²) in [4.78, 5) is 20.9. The lowest BCUT2D eigenvalue weighted by molar-refractivity contribution is 0.0932. The summed E-state index contributed by atoms with van der Waals surface area (Å²) < 4.78 is 7.25. The zero-order chi connectivity index (χ0) is 24.0. The summed E-state index contributed by atoms with van der Waals surface area (Å²) in [6.45, 7) is 10.2. The van der Waals surface area contributed by atoms with E-state index >= 15 is 0 Å². The van der Waals surface area contributed by atoms with Crippen molar-refractivity contribution < 1.29 is 9.53 Å². The van der Waals surface area contributed by atoms with Gasteiger partial charge in [0.05, 0.1) is 29.3 Å². The molecule has 1 saturated heterocycles. The minimum absolute atomic E-state index is 0.00578. The average Bonchev–Trinajstić information content (AvgIpc) is 3.62. The normalized spacial score (nSPS) is 17.3. The van der Waals surface area contributed by atoms with E-state index in [2.05, 4.69) is 43.1 Å². The fourth-order valence-corrected chi connectivity index (χ4v) is 4.88. The number of amides is 1. The van der Waals surface area contributed by atoms with Crippen molar-refractivity contribution in [3.05, 3.63) is 47.3 Å². The Morgan fingerprint density at radius 2 is 1.76 bits per heavy atom. The van der Waals surface area contributed by atoms with Crippen LogP contribution in [0.1, 0.15) is 74.1 Å². The first-order chi connectivity index (χ1) is 16.2. The van der Waals surface area contributed by atoms with E-state index in [1.807, 2.05) is 29.8 Å². The summed E-state index contributed by atoms with van der Waals surface area (Å²) in [6, 6.07) is 10.4. The lowest BCUT2D eigenvalue weighted by Crippen LogP contribution is -2.44. The van der Waals surface area contributed by atoms with Crippen molar-refractivity contribution in [3.63, 3.8) is 0 Å². The van der Waals surface area contributed by atoms with Gasteiger partial charge < -0.3 is 15.0 Å². The van der Waals surface area contributed by atoms with Gasteiger partial charge in [-0.15, -0.1) is 0 Å². The number of fused-ring (bicyclic) bond motifs is 1. The van der Waals surface area contributed by atoms with E-state index in [1.54, 1.807) is 7.11 Å². The second-order valence-corrected chi connectivity index (χ2v) is 10.7. The molecule has 7 heteroatoms. The van der Waals surface area contributed by atoms with Crippen LogP contribution in [0, 0.1) is 6.92 Å². The molecule has 7 nitrogen and oxygen atoms in total. The molecule has 2 aromatic heterocycles. The lowest BCUT2D eigenvalue weighted by Gasteiger charge is -2.34. The molecule has 3 heterocycles. The van der Waals surface area contributed by atoms with E-state index in [4.69, 9.17) is 14.8 Å². The predicted octanol–water partition coefficient (Wildman–Crippen LogP) is 4.78. The van der Waals surface area contributed by atoms with Gasteiger partial charge in [-0.05, 0) is 83.7 Å². The Kier molecular flexibility index (Phi) is 5.74. The summed E-state index contributed by atoms with van der Waals surface area (Å²) in [7, 11) is 1.68. The number of benzene rings is 1. The van der Waals surface area contributed by atoms with Gasteiger partial charge in [0.2, 0.25) is 0 Å². The number of methoxy groups -OCH3 is 1. The Morgan fingerprint density at radius 1 is 1.09 bits per heavy atom. The van der Waals surface area contributed by atoms with Gasteiger partial charge in [0.15, 0.2) is 5.65 Å². The number of aryl methyl sites for hydroxylation is 1. The number of pyridine rings is 1. The highest BCUT2D eigenvalue weighted by atomic mass is 16.5. The number of aromatic nitrogens is 3. The molecule has 180 valence electrons. The second-order valence-electron chi connectivity index (χ2n) is 10.7. The number of nitrogens with zero attached hydrogens (tertiary/aromatic N) is 4. The maximum Gasteiger partial charge on any atom is 0.252 e. The molecule has 1 aromatic carbocycles. The van der Waals surface area contributed by atoms with Crippen molar-refractivity contribution in [2.24, 2.45) is 0 Å². The van der Waals surface area contributed by atoms with Crippen LogP contribution in [0.2, 0.25) is 0 Å². The topological polar surface area (TPSA) is 72.3 Å². The fourth-order valence-electron chi connectivity index (χ4n) is 4.88. The number of ether oxygens (including phenoxy) is 1. The number of anilines is 1. The Hall–Kier alpha value is -3.09. The quantitative estimate of drug-likeness (QED) is 0.592. The third-order valence-corrected chi connectivity index (χ3v) is 6.98. The van der Waals surface area contributed by atoms with Gasteiger partial charge >= 0.3 is 0 Å². The Morgan fingerprint density at radius 3 is 2.35 bits per heavy atom. The van der Waals surface area contributed by atoms with E-state index in [9.17, 15) is 4.79 Å². The standard InChI is InChI=1S/C27H35N5O2/c1-17-24-22(16-23(18-6-7-18)29-25(24)32(30-17)27(2,3)4)26(33)28-19-12-14-31(15-13-19)20-8-10-21(34-5)11-9-20/h8-11,16,18-19H,6-7,12-15H2,1-5H3,(H,28,33). The maximum atomic E-state index is 13.6. The van der Waals surface area contributed by atoms with Crippen LogP contribution >= 0.6 is 0 Å². The van der Waals surface area contributed by atoms with Crippen LogP contribution in [0.4, 0.5) is 5.69 Å². The van der Waals surface area contributed by atoms with Gasteiger partial charge in [-0.25, -0.2) is 9.67 Å². The molecule has 0 spiro atoms.